The average Bonchev–Trinajstić information content (AvgIpc) is 2.84. The third kappa shape index (κ3) is 2.13. The Kier molecular flexibility index (Phi) is 2.49. The number of hydrogen-bond donors (Lipinski definition) is 2. The standard InChI is InChI=1S/C14H19NO/c16-14(6-7-14)10-11-3-1-4-12(9-11)13-5-2-8-15-13/h1,3-4,9,13,15-16H,2,5-8,10H2. The van der Waals surface area contributed by atoms with Gasteiger partial charge in [0.15, 0.2) is 0 Å². The molecule has 86 valence electrons. The molecule has 2 fully saturated rings. The second-order valence-electron chi connectivity index (χ2n) is 5.30. The molecule has 0 aromatic heterocycles. The number of aliphatic hydroxyl groups is 1. The molecular formula is C14H19NO. The number of rotatable bonds is 3. The third-order valence-electron chi connectivity index (χ3n) is 3.77. The van der Waals surface area contributed by atoms with Crippen molar-refractivity contribution in [3.63, 3.8) is 0 Å². The minimum atomic E-state index is -0.373. The lowest BCUT2D eigenvalue weighted by atomic mass is 9.99. The SMILES string of the molecule is OC1(Cc2cccc(C3CCCN3)c2)CC1. The highest BCUT2D eigenvalue weighted by molar-refractivity contribution is 5.28. The summed E-state index contributed by atoms with van der Waals surface area (Å²) in [5, 5.41) is 13.4. The normalized spacial score (nSPS) is 26.9. The number of nitrogens with one attached hydrogen (secondary N) is 1. The maximum absolute atomic E-state index is 9.92. The molecule has 1 unspecified atom stereocenters. The number of benzene rings is 1. The van der Waals surface area contributed by atoms with Gasteiger partial charge in [-0.2, -0.15) is 0 Å². The van der Waals surface area contributed by atoms with E-state index in [1.807, 2.05) is 0 Å². The first-order valence-corrected chi connectivity index (χ1v) is 6.30. The van der Waals surface area contributed by atoms with E-state index in [-0.39, 0.29) is 5.60 Å². The first-order chi connectivity index (χ1) is 7.75. The van der Waals surface area contributed by atoms with Crippen molar-refractivity contribution in [2.24, 2.45) is 0 Å². The summed E-state index contributed by atoms with van der Waals surface area (Å²) in [6.45, 7) is 1.14. The van der Waals surface area contributed by atoms with Gasteiger partial charge in [0.2, 0.25) is 0 Å². The van der Waals surface area contributed by atoms with Crippen molar-refractivity contribution in [1.82, 2.24) is 5.32 Å². The predicted molar refractivity (Wildman–Crippen MR) is 64.3 cm³/mol. The summed E-state index contributed by atoms with van der Waals surface area (Å²) in [7, 11) is 0. The zero-order valence-electron chi connectivity index (χ0n) is 9.58. The molecule has 1 aromatic carbocycles. The lowest BCUT2D eigenvalue weighted by Crippen LogP contribution is -2.14. The molecular weight excluding hydrogens is 198 g/mol. The van der Waals surface area contributed by atoms with Crippen molar-refractivity contribution < 1.29 is 5.11 Å². The average molecular weight is 217 g/mol. The van der Waals surface area contributed by atoms with E-state index in [9.17, 15) is 5.11 Å². The zero-order valence-corrected chi connectivity index (χ0v) is 9.58. The molecule has 1 saturated carbocycles. The molecule has 1 aromatic rings. The summed E-state index contributed by atoms with van der Waals surface area (Å²) >= 11 is 0. The maximum Gasteiger partial charge on any atom is 0.0690 e. The van der Waals surface area contributed by atoms with E-state index in [1.54, 1.807) is 0 Å². The van der Waals surface area contributed by atoms with Gasteiger partial charge in [0.1, 0.15) is 0 Å². The minimum Gasteiger partial charge on any atom is -0.390 e. The van der Waals surface area contributed by atoms with Crippen molar-refractivity contribution in [2.75, 3.05) is 6.54 Å². The third-order valence-corrected chi connectivity index (χ3v) is 3.77. The van der Waals surface area contributed by atoms with Gasteiger partial charge < -0.3 is 10.4 Å². The van der Waals surface area contributed by atoms with Gasteiger partial charge in [-0.05, 0) is 43.4 Å². The van der Waals surface area contributed by atoms with E-state index in [0.29, 0.717) is 6.04 Å². The van der Waals surface area contributed by atoms with Crippen LogP contribution in [0.2, 0.25) is 0 Å². The van der Waals surface area contributed by atoms with Crippen LogP contribution >= 0.6 is 0 Å². The molecule has 1 aliphatic heterocycles. The van der Waals surface area contributed by atoms with E-state index in [0.717, 1.165) is 25.8 Å². The van der Waals surface area contributed by atoms with Gasteiger partial charge in [-0.25, -0.2) is 0 Å². The van der Waals surface area contributed by atoms with Crippen LogP contribution in [0.4, 0.5) is 0 Å². The van der Waals surface area contributed by atoms with E-state index in [2.05, 4.69) is 29.6 Å². The maximum atomic E-state index is 9.92. The van der Waals surface area contributed by atoms with Crippen molar-refractivity contribution in [1.29, 1.82) is 0 Å². The Morgan fingerprint density at radius 2 is 2.25 bits per heavy atom. The van der Waals surface area contributed by atoms with Crippen LogP contribution in [-0.4, -0.2) is 17.3 Å². The van der Waals surface area contributed by atoms with Gasteiger partial charge in [-0.3, -0.25) is 0 Å². The van der Waals surface area contributed by atoms with Crippen LogP contribution in [0.1, 0.15) is 42.9 Å². The summed E-state index contributed by atoms with van der Waals surface area (Å²) in [4.78, 5) is 0. The summed E-state index contributed by atoms with van der Waals surface area (Å²) < 4.78 is 0. The molecule has 2 aliphatic rings. The van der Waals surface area contributed by atoms with Crippen LogP contribution in [0.3, 0.4) is 0 Å². The fraction of sp³-hybridized carbons (Fsp3) is 0.571. The molecule has 0 amide bonds. The van der Waals surface area contributed by atoms with E-state index >= 15 is 0 Å². The quantitative estimate of drug-likeness (QED) is 0.813. The van der Waals surface area contributed by atoms with Gasteiger partial charge in [0, 0.05) is 12.5 Å². The molecule has 1 saturated heterocycles. The Hall–Kier alpha value is -0.860. The summed E-state index contributed by atoms with van der Waals surface area (Å²) in [5.74, 6) is 0. The van der Waals surface area contributed by atoms with E-state index < -0.39 is 0 Å². The Morgan fingerprint density at radius 3 is 2.94 bits per heavy atom. The molecule has 3 rings (SSSR count). The van der Waals surface area contributed by atoms with Gasteiger partial charge in [-0.15, -0.1) is 0 Å². The minimum absolute atomic E-state index is 0.373. The largest absolute Gasteiger partial charge is 0.390 e. The molecule has 2 heteroatoms. The lowest BCUT2D eigenvalue weighted by Gasteiger charge is -2.13. The Balaban J connectivity index is 1.76. The topological polar surface area (TPSA) is 32.3 Å². The van der Waals surface area contributed by atoms with Crippen molar-refractivity contribution in [3.8, 4) is 0 Å². The first kappa shape index (κ1) is 10.3. The molecule has 0 spiro atoms. The van der Waals surface area contributed by atoms with Crippen LogP contribution in [-0.2, 0) is 6.42 Å². The second kappa shape index (κ2) is 3.86. The van der Waals surface area contributed by atoms with Crippen LogP contribution in [0.25, 0.3) is 0 Å². The van der Waals surface area contributed by atoms with Crippen LogP contribution in [0.15, 0.2) is 24.3 Å². The van der Waals surface area contributed by atoms with Gasteiger partial charge >= 0.3 is 0 Å². The Morgan fingerprint density at radius 1 is 1.38 bits per heavy atom. The fourth-order valence-electron chi connectivity index (χ4n) is 2.59. The van der Waals surface area contributed by atoms with Crippen LogP contribution in [0.5, 0.6) is 0 Å². The van der Waals surface area contributed by atoms with E-state index in [1.165, 1.54) is 24.0 Å². The molecule has 2 N–H and O–H groups in total. The summed E-state index contributed by atoms with van der Waals surface area (Å²) in [6, 6.07) is 9.25. The Bertz CT molecular complexity index is 378. The monoisotopic (exact) mass is 217 g/mol. The molecule has 1 atom stereocenters. The second-order valence-corrected chi connectivity index (χ2v) is 5.30. The highest BCUT2D eigenvalue weighted by Crippen LogP contribution is 2.38. The van der Waals surface area contributed by atoms with Crippen LogP contribution in [0, 0.1) is 0 Å². The molecule has 16 heavy (non-hydrogen) atoms. The van der Waals surface area contributed by atoms with Crippen LogP contribution < -0.4 is 5.32 Å². The van der Waals surface area contributed by atoms with Crippen molar-refractivity contribution in [2.45, 2.75) is 43.7 Å². The highest BCUT2D eigenvalue weighted by atomic mass is 16.3. The smallest absolute Gasteiger partial charge is 0.0690 e. The van der Waals surface area contributed by atoms with Crippen molar-refractivity contribution in [3.05, 3.63) is 35.4 Å². The van der Waals surface area contributed by atoms with Gasteiger partial charge in [0.25, 0.3) is 0 Å². The summed E-state index contributed by atoms with van der Waals surface area (Å²) in [5.41, 5.74) is 2.30. The molecule has 1 heterocycles. The molecule has 0 radical (unpaired) electrons. The molecule has 0 bridgehead atoms. The molecule has 2 nitrogen and oxygen atoms in total. The highest BCUT2D eigenvalue weighted by Gasteiger charge is 2.40. The lowest BCUT2D eigenvalue weighted by molar-refractivity contribution is 0.151. The summed E-state index contributed by atoms with van der Waals surface area (Å²) in [6.07, 6.45) is 5.29. The Labute approximate surface area is 96.7 Å². The van der Waals surface area contributed by atoms with Gasteiger partial charge in [0.05, 0.1) is 5.60 Å². The molecule has 1 aliphatic carbocycles. The zero-order chi connectivity index (χ0) is 11.0. The fourth-order valence-corrected chi connectivity index (χ4v) is 2.59. The van der Waals surface area contributed by atoms with Gasteiger partial charge in [-0.1, -0.05) is 24.3 Å². The first-order valence-electron chi connectivity index (χ1n) is 6.30. The predicted octanol–water partition coefficient (Wildman–Crippen LogP) is 2.18. The van der Waals surface area contributed by atoms with E-state index in [4.69, 9.17) is 0 Å². The number of hydrogen-bond acceptors (Lipinski definition) is 2. The van der Waals surface area contributed by atoms with Crippen molar-refractivity contribution >= 4 is 0 Å².